The van der Waals surface area contributed by atoms with Crippen molar-refractivity contribution in [1.82, 2.24) is 0 Å². The third-order valence-electron chi connectivity index (χ3n) is 3.01. The summed E-state index contributed by atoms with van der Waals surface area (Å²) in [6.07, 6.45) is 0. The Hall–Kier alpha value is -2.16. The molecule has 1 aliphatic rings. The van der Waals surface area contributed by atoms with E-state index >= 15 is 0 Å². The number of hydrogen-bond acceptors (Lipinski definition) is 3. The molecule has 0 unspecified atom stereocenters. The first kappa shape index (κ1) is 10.0. The summed E-state index contributed by atoms with van der Waals surface area (Å²) in [4.78, 5) is 2.28. The fourth-order valence-electron chi connectivity index (χ4n) is 2.13. The molecule has 0 amide bonds. The fraction of sp³-hybridized carbons (Fsp3) is 0.143. The summed E-state index contributed by atoms with van der Waals surface area (Å²) in [5.74, 6) is 0.314. The maximum absolute atomic E-state index is 9.25. The normalized spacial score (nSPS) is 13.3. The summed E-state index contributed by atoms with van der Waals surface area (Å²) in [6.45, 7) is 1.69. The maximum Gasteiger partial charge on any atom is 0.115 e. The zero-order chi connectivity index (χ0) is 11.7. The molecule has 0 fully saturated rings. The van der Waals surface area contributed by atoms with Crippen molar-refractivity contribution in [2.45, 2.75) is 6.54 Å². The number of benzene rings is 2. The van der Waals surface area contributed by atoms with E-state index in [0.29, 0.717) is 5.75 Å². The van der Waals surface area contributed by atoms with Crippen LogP contribution in [0.1, 0.15) is 5.56 Å². The minimum atomic E-state index is 0.314. The number of phenols is 1. The molecule has 0 radical (unpaired) electrons. The van der Waals surface area contributed by atoms with Crippen LogP contribution in [0.5, 0.6) is 5.75 Å². The highest BCUT2D eigenvalue weighted by Gasteiger charge is 2.17. The molecular weight excluding hydrogens is 212 g/mol. The number of fused-ring (bicyclic) bond motifs is 1. The number of nitrogens with one attached hydrogen (secondary N) is 1. The zero-order valence-corrected chi connectivity index (χ0v) is 9.43. The maximum atomic E-state index is 9.25. The van der Waals surface area contributed by atoms with Gasteiger partial charge in [0.1, 0.15) is 5.75 Å². The number of para-hydroxylation sites is 2. The lowest BCUT2D eigenvalue weighted by Crippen LogP contribution is -2.21. The predicted octanol–water partition coefficient (Wildman–Crippen LogP) is 2.78. The van der Waals surface area contributed by atoms with Crippen LogP contribution in [0.15, 0.2) is 48.5 Å². The Morgan fingerprint density at radius 2 is 1.82 bits per heavy atom. The predicted molar refractivity (Wildman–Crippen MR) is 69.2 cm³/mol. The van der Waals surface area contributed by atoms with E-state index in [-0.39, 0.29) is 0 Å². The van der Waals surface area contributed by atoms with Crippen molar-refractivity contribution in [2.75, 3.05) is 16.9 Å². The number of nitrogens with zero attached hydrogens (tertiary/aromatic N) is 1. The highest BCUT2D eigenvalue weighted by atomic mass is 16.3. The van der Waals surface area contributed by atoms with E-state index in [1.807, 2.05) is 18.2 Å². The SMILES string of the molecule is Oc1ccc(CN2CNc3ccccc32)cc1. The van der Waals surface area contributed by atoms with Gasteiger partial charge in [-0.15, -0.1) is 0 Å². The fourth-order valence-corrected chi connectivity index (χ4v) is 2.13. The highest BCUT2D eigenvalue weighted by Crippen LogP contribution is 2.31. The number of anilines is 2. The van der Waals surface area contributed by atoms with Gasteiger partial charge in [-0.05, 0) is 29.8 Å². The number of phenolic OH excluding ortho intramolecular Hbond substituents is 1. The van der Waals surface area contributed by atoms with Gasteiger partial charge in [0.15, 0.2) is 0 Å². The van der Waals surface area contributed by atoms with Crippen molar-refractivity contribution in [3.63, 3.8) is 0 Å². The molecule has 0 saturated heterocycles. The van der Waals surface area contributed by atoms with E-state index in [4.69, 9.17) is 0 Å². The first-order valence-corrected chi connectivity index (χ1v) is 5.69. The van der Waals surface area contributed by atoms with E-state index in [2.05, 4.69) is 28.4 Å². The minimum absolute atomic E-state index is 0.314. The molecule has 3 rings (SSSR count). The molecule has 0 aliphatic carbocycles. The number of rotatable bonds is 2. The van der Waals surface area contributed by atoms with Gasteiger partial charge in [0.25, 0.3) is 0 Å². The molecule has 0 atom stereocenters. The van der Waals surface area contributed by atoms with Crippen molar-refractivity contribution < 1.29 is 5.11 Å². The smallest absolute Gasteiger partial charge is 0.115 e. The lowest BCUT2D eigenvalue weighted by atomic mass is 10.2. The second-order valence-electron chi connectivity index (χ2n) is 4.22. The van der Waals surface area contributed by atoms with Gasteiger partial charge in [-0.3, -0.25) is 0 Å². The molecular formula is C14H14N2O. The van der Waals surface area contributed by atoms with E-state index in [1.165, 1.54) is 16.9 Å². The Labute approximate surface area is 100 Å². The third kappa shape index (κ3) is 1.91. The van der Waals surface area contributed by atoms with Crippen molar-refractivity contribution in [3.05, 3.63) is 54.1 Å². The molecule has 0 bridgehead atoms. The van der Waals surface area contributed by atoms with Crippen LogP contribution in [0.4, 0.5) is 11.4 Å². The monoisotopic (exact) mass is 226 g/mol. The van der Waals surface area contributed by atoms with E-state index in [1.54, 1.807) is 12.1 Å². The summed E-state index contributed by atoms with van der Waals surface area (Å²) in [5.41, 5.74) is 3.62. The van der Waals surface area contributed by atoms with E-state index in [9.17, 15) is 5.11 Å². The Morgan fingerprint density at radius 1 is 1.06 bits per heavy atom. The second kappa shape index (κ2) is 4.01. The first-order chi connectivity index (χ1) is 8.33. The third-order valence-corrected chi connectivity index (χ3v) is 3.01. The average molecular weight is 226 g/mol. The van der Waals surface area contributed by atoms with Crippen molar-refractivity contribution in [3.8, 4) is 5.75 Å². The quantitative estimate of drug-likeness (QED) is 0.826. The second-order valence-corrected chi connectivity index (χ2v) is 4.22. The molecule has 0 spiro atoms. The molecule has 2 aromatic rings. The molecule has 0 saturated carbocycles. The van der Waals surface area contributed by atoms with Gasteiger partial charge in [0.2, 0.25) is 0 Å². The van der Waals surface area contributed by atoms with Gasteiger partial charge in [0, 0.05) is 6.54 Å². The van der Waals surface area contributed by atoms with Crippen LogP contribution in [-0.2, 0) is 6.54 Å². The van der Waals surface area contributed by atoms with Crippen LogP contribution in [0.2, 0.25) is 0 Å². The van der Waals surface area contributed by atoms with Crippen LogP contribution in [0.3, 0.4) is 0 Å². The summed E-state index contributed by atoms with van der Waals surface area (Å²) in [7, 11) is 0. The molecule has 3 nitrogen and oxygen atoms in total. The van der Waals surface area contributed by atoms with Gasteiger partial charge in [0.05, 0.1) is 18.0 Å². The minimum Gasteiger partial charge on any atom is -0.508 e. The average Bonchev–Trinajstić information content (AvgIpc) is 2.76. The van der Waals surface area contributed by atoms with Crippen LogP contribution in [0, 0.1) is 0 Å². The van der Waals surface area contributed by atoms with Crippen molar-refractivity contribution in [2.24, 2.45) is 0 Å². The van der Waals surface area contributed by atoms with Crippen LogP contribution < -0.4 is 10.2 Å². The Kier molecular flexibility index (Phi) is 2.37. The molecule has 2 aromatic carbocycles. The van der Waals surface area contributed by atoms with Crippen LogP contribution in [0.25, 0.3) is 0 Å². The topological polar surface area (TPSA) is 35.5 Å². The molecule has 0 aromatic heterocycles. The van der Waals surface area contributed by atoms with E-state index < -0.39 is 0 Å². The van der Waals surface area contributed by atoms with Gasteiger partial charge in [-0.25, -0.2) is 0 Å². The lowest BCUT2D eigenvalue weighted by molar-refractivity contribution is 0.475. The summed E-state index contributed by atoms with van der Waals surface area (Å²) < 4.78 is 0. The van der Waals surface area contributed by atoms with Crippen molar-refractivity contribution in [1.29, 1.82) is 0 Å². The van der Waals surface area contributed by atoms with Gasteiger partial charge >= 0.3 is 0 Å². The molecule has 1 heterocycles. The van der Waals surface area contributed by atoms with Gasteiger partial charge < -0.3 is 15.3 Å². The number of aromatic hydroxyl groups is 1. The van der Waals surface area contributed by atoms with Gasteiger partial charge in [-0.1, -0.05) is 24.3 Å². The standard InChI is InChI=1S/C14H14N2O/c17-12-7-5-11(6-8-12)9-16-10-15-13-3-1-2-4-14(13)16/h1-8,15,17H,9-10H2. The van der Waals surface area contributed by atoms with Crippen LogP contribution >= 0.6 is 0 Å². The Morgan fingerprint density at radius 3 is 2.65 bits per heavy atom. The zero-order valence-electron chi connectivity index (χ0n) is 9.43. The molecule has 86 valence electrons. The largest absolute Gasteiger partial charge is 0.508 e. The molecule has 2 N–H and O–H groups in total. The van der Waals surface area contributed by atoms with Gasteiger partial charge in [-0.2, -0.15) is 0 Å². The summed E-state index contributed by atoms with van der Waals surface area (Å²) in [6, 6.07) is 15.7. The molecule has 17 heavy (non-hydrogen) atoms. The van der Waals surface area contributed by atoms with Crippen LogP contribution in [-0.4, -0.2) is 11.8 Å². The van der Waals surface area contributed by atoms with E-state index in [0.717, 1.165) is 13.2 Å². The Balaban J connectivity index is 1.81. The lowest BCUT2D eigenvalue weighted by Gasteiger charge is -2.17. The Bertz CT molecular complexity index is 522. The molecule has 1 aliphatic heterocycles. The molecule has 3 heteroatoms. The highest BCUT2D eigenvalue weighted by molar-refractivity contribution is 5.74. The van der Waals surface area contributed by atoms with Crippen molar-refractivity contribution >= 4 is 11.4 Å². The summed E-state index contributed by atoms with van der Waals surface area (Å²) in [5, 5.41) is 12.6. The first-order valence-electron chi connectivity index (χ1n) is 5.69. The number of hydrogen-bond donors (Lipinski definition) is 2. The summed E-state index contributed by atoms with van der Waals surface area (Å²) >= 11 is 0.